The number of carbonyl (C=O) groups is 1. The van der Waals surface area contributed by atoms with E-state index in [-0.39, 0.29) is 5.91 Å². The zero-order valence-electron chi connectivity index (χ0n) is 12.0. The third-order valence-electron chi connectivity index (χ3n) is 2.88. The molecule has 0 unspecified atom stereocenters. The van der Waals surface area contributed by atoms with Crippen LogP contribution in [0.4, 0.5) is 5.69 Å². The predicted octanol–water partition coefficient (Wildman–Crippen LogP) is 4.56. The minimum absolute atomic E-state index is 0.0214. The van der Waals surface area contributed by atoms with Crippen molar-refractivity contribution in [3.05, 3.63) is 54.6 Å². The molecule has 2 aromatic carbocycles. The SMILES string of the molecule is CSCCCC(=O)Nc1ccccc1Oc1ccccc1. The molecule has 21 heavy (non-hydrogen) atoms. The van der Waals surface area contributed by atoms with Crippen LogP contribution in [0.15, 0.2) is 54.6 Å². The molecule has 0 atom stereocenters. The van der Waals surface area contributed by atoms with Crippen LogP contribution < -0.4 is 10.1 Å². The molecule has 3 nitrogen and oxygen atoms in total. The van der Waals surface area contributed by atoms with Crippen molar-refractivity contribution in [1.29, 1.82) is 0 Å². The van der Waals surface area contributed by atoms with Gasteiger partial charge in [0.15, 0.2) is 5.75 Å². The lowest BCUT2D eigenvalue weighted by molar-refractivity contribution is -0.116. The van der Waals surface area contributed by atoms with Crippen molar-refractivity contribution < 1.29 is 9.53 Å². The highest BCUT2D eigenvalue weighted by Crippen LogP contribution is 2.29. The fraction of sp³-hybridized carbons (Fsp3) is 0.235. The monoisotopic (exact) mass is 301 g/mol. The van der Waals surface area contributed by atoms with Gasteiger partial charge >= 0.3 is 0 Å². The van der Waals surface area contributed by atoms with Crippen LogP contribution in [-0.2, 0) is 4.79 Å². The predicted molar refractivity (Wildman–Crippen MR) is 89.2 cm³/mol. The molecule has 0 aliphatic rings. The number of anilines is 1. The summed E-state index contributed by atoms with van der Waals surface area (Å²) in [6, 6.07) is 17.0. The summed E-state index contributed by atoms with van der Waals surface area (Å²) in [6.45, 7) is 0. The number of carbonyl (C=O) groups excluding carboxylic acids is 1. The molecule has 0 bridgehead atoms. The van der Waals surface area contributed by atoms with Gasteiger partial charge in [-0.15, -0.1) is 0 Å². The highest BCUT2D eigenvalue weighted by atomic mass is 32.2. The molecule has 0 fully saturated rings. The summed E-state index contributed by atoms with van der Waals surface area (Å²) in [5.74, 6) is 2.42. The lowest BCUT2D eigenvalue weighted by Crippen LogP contribution is -2.12. The van der Waals surface area contributed by atoms with Crippen molar-refractivity contribution in [2.75, 3.05) is 17.3 Å². The van der Waals surface area contributed by atoms with E-state index >= 15 is 0 Å². The van der Waals surface area contributed by atoms with Gasteiger partial charge in [-0.1, -0.05) is 30.3 Å². The fourth-order valence-electron chi connectivity index (χ4n) is 1.86. The van der Waals surface area contributed by atoms with Crippen LogP contribution >= 0.6 is 11.8 Å². The number of thioether (sulfide) groups is 1. The van der Waals surface area contributed by atoms with Crippen LogP contribution in [0, 0.1) is 0 Å². The van der Waals surface area contributed by atoms with Gasteiger partial charge in [-0.25, -0.2) is 0 Å². The number of hydrogen-bond donors (Lipinski definition) is 1. The minimum atomic E-state index is 0.0214. The van der Waals surface area contributed by atoms with E-state index in [4.69, 9.17) is 4.74 Å². The van der Waals surface area contributed by atoms with Gasteiger partial charge in [0.25, 0.3) is 0 Å². The second-order valence-electron chi connectivity index (χ2n) is 4.56. The molecular weight excluding hydrogens is 282 g/mol. The first-order valence-corrected chi connectivity index (χ1v) is 8.29. The average molecular weight is 301 g/mol. The molecule has 0 aromatic heterocycles. The number of rotatable bonds is 7. The van der Waals surface area contributed by atoms with E-state index in [1.54, 1.807) is 11.8 Å². The Balaban J connectivity index is 2.01. The maximum Gasteiger partial charge on any atom is 0.224 e. The van der Waals surface area contributed by atoms with Crippen LogP contribution in [0.3, 0.4) is 0 Å². The van der Waals surface area contributed by atoms with Gasteiger partial charge in [-0.3, -0.25) is 4.79 Å². The van der Waals surface area contributed by atoms with Crippen LogP contribution in [0.25, 0.3) is 0 Å². The molecule has 0 heterocycles. The van der Waals surface area contributed by atoms with E-state index in [0.29, 0.717) is 17.9 Å². The molecule has 1 N–H and O–H groups in total. The maximum atomic E-state index is 11.9. The summed E-state index contributed by atoms with van der Waals surface area (Å²) in [7, 11) is 0. The Morgan fingerprint density at radius 1 is 1.10 bits per heavy atom. The molecule has 0 aliphatic carbocycles. The standard InChI is InChI=1S/C17H19NO2S/c1-21-13-7-12-17(19)18-15-10-5-6-11-16(15)20-14-8-3-2-4-9-14/h2-6,8-11H,7,12-13H2,1H3,(H,18,19). The fourth-order valence-corrected chi connectivity index (χ4v) is 2.30. The summed E-state index contributed by atoms with van der Waals surface area (Å²) in [4.78, 5) is 11.9. The largest absolute Gasteiger partial charge is 0.455 e. The zero-order valence-corrected chi connectivity index (χ0v) is 12.9. The van der Waals surface area contributed by atoms with Crippen LogP contribution in [0.1, 0.15) is 12.8 Å². The van der Waals surface area contributed by atoms with Crippen molar-refractivity contribution in [3.63, 3.8) is 0 Å². The van der Waals surface area contributed by atoms with E-state index in [2.05, 4.69) is 5.32 Å². The van der Waals surface area contributed by atoms with E-state index in [0.717, 1.165) is 17.9 Å². The quantitative estimate of drug-likeness (QED) is 0.762. The first-order chi connectivity index (χ1) is 10.3. The molecular formula is C17H19NO2S. The Bertz CT molecular complexity index is 572. The van der Waals surface area contributed by atoms with Crippen molar-refractivity contribution in [3.8, 4) is 11.5 Å². The van der Waals surface area contributed by atoms with E-state index in [1.807, 2.05) is 60.9 Å². The van der Waals surface area contributed by atoms with Gasteiger partial charge in [0, 0.05) is 6.42 Å². The summed E-state index contributed by atoms with van der Waals surface area (Å²) >= 11 is 1.75. The van der Waals surface area contributed by atoms with E-state index < -0.39 is 0 Å². The molecule has 0 spiro atoms. The molecule has 0 radical (unpaired) electrons. The Morgan fingerprint density at radius 2 is 1.81 bits per heavy atom. The van der Waals surface area contributed by atoms with Crippen molar-refractivity contribution >= 4 is 23.4 Å². The molecule has 2 aromatic rings. The summed E-state index contributed by atoms with van der Waals surface area (Å²) < 4.78 is 5.82. The van der Waals surface area contributed by atoms with Crippen molar-refractivity contribution in [1.82, 2.24) is 0 Å². The summed E-state index contributed by atoms with van der Waals surface area (Å²) in [5, 5.41) is 2.92. The lowest BCUT2D eigenvalue weighted by Gasteiger charge is -2.12. The molecule has 0 saturated carbocycles. The topological polar surface area (TPSA) is 38.3 Å². The highest BCUT2D eigenvalue weighted by Gasteiger charge is 2.08. The number of hydrogen-bond acceptors (Lipinski definition) is 3. The average Bonchev–Trinajstić information content (AvgIpc) is 2.51. The number of ether oxygens (including phenoxy) is 1. The third kappa shape index (κ3) is 5.16. The van der Waals surface area contributed by atoms with Gasteiger partial charge in [0.2, 0.25) is 5.91 Å². The minimum Gasteiger partial charge on any atom is -0.455 e. The van der Waals surface area contributed by atoms with E-state index in [1.165, 1.54) is 0 Å². The van der Waals surface area contributed by atoms with Crippen LogP contribution in [-0.4, -0.2) is 17.9 Å². The number of para-hydroxylation sites is 3. The molecule has 0 saturated heterocycles. The van der Waals surface area contributed by atoms with Gasteiger partial charge in [0.1, 0.15) is 5.75 Å². The Labute approximate surface area is 129 Å². The Hall–Kier alpha value is -1.94. The normalized spacial score (nSPS) is 10.1. The smallest absolute Gasteiger partial charge is 0.224 e. The van der Waals surface area contributed by atoms with Gasteiger partial charge in [0.05, 0.1) is 5.69 Å². The molecule has 110 valence electrons. The zero-order chi connectivity index (χ0) is 14.9. The third-order valence-corrected chi connectivity index (χ3v) is 3.58. The van der Waals surface area contributed by atoms with E-state index in [9.17, 15) is 4.79 Å². The number of nitrogens with one attached hydrogen (secondary N) is 1. The summed E-state index contributed by atoms with van der Waals surface area (Å²) in [6.07, 6.45) is 3.45. The number of amides is 1. The van der Waals surface area contributed by atoms with Crippen molar-refractivity contribution in [2.24, 2.45) is 0 Å². The van der Waals surface area contributed by atoms with Gasteiger partial charge < -0.3 is 10.1 Å². The molecule has 0 aliphatic heterocycles. The molecule has 2 rings (SSSR count). The second-order valence-corrected chi connectivity index (χ2v) is 5.54. The van der Waals surface area contributed by atoms with Crippen LogP contribution in [0.2, 0.25) is 0 Å². The lowest BCUT2D eigenvalue weighted by atomic mass is 10.2. The van der Waals surface area contributed by atoms with Crippen LogP contribution in [0.5, 0.6) is 11.5 Å². The summed E-state index contributed by atoms with van der Waals surface area (Å²) in [5.41, 5.74) is 0.704. The Kier molecular flexibility index (Phi) is 6.16. The number of benzene rings is 2. The first kappa shape index (κ1) is 15.4. The molecule has 1 amide bonds. The highest BCUT2D eigenvalue weighted by molar-refractivity contribution is 7.98. The molecule has 4 heteroatoms. The van der Waals surface area contributed by atoms with Crippen molar-refractivity contribution in [2.45, 2.75) is 12.8 Å². The second kappa shape index (κ2) is 8.37. The maximum absolute atomic E-state index is 11.9. The van der Waals surface area contributed by atoms with Gasteiger partial charge in [-0.05, 0) is 42.7 Å². The van der Waals surface area contributed by atoms with Gasteiger partial charge in [-0.2, -0.15) is 11.8 Å². The first-order valence-electron chi connectivity index (χ1n) is 6.90. The Morgan fingerprint density at radius 3 is 2.57 bits per heavy atom.